The number of hydrogen-bond donors (Lipinski definition) is 0. The Kier molecular flexibility index (Phi) is 3.81. The van der Waals surface area contributed by atoms with Crippen LogP contribution in [-0.4, -0.2) is 6.10 Å². The third-order valence-corrected chi connectivity index (χ3v) is 1.92. The fourth-order valence-electron chi connectivity index (χ4n) is 1.24. The van der Waals surface area contributed by atoms with Crippen molar-refractivity contribution in [2.45, 2.75) is 32.3 Å². The highest BCUT2D eigenvalue weighted by molar-refractivity contribution is 5.14. The van der Waals surface area contributed by atoms with E-state index >= 15 is 0 Å². The van der Waals surface area contributed by atoms with Gasteiger partial charge in [0.2, 0.25) is 0 Å². The van der Waals surface area contributed by atoms with Gasteiger partial charge in [-0.3, -0.25) is 0 Å². The van der Waals surface area contributed by atoms with E-state index in [1.54, 1.807) is 6.92 Å². The summed E-state index contributed by atoms with van der Waals surface area (Å²) in [7, 11) is 0. The minimum Gasteiger partial charge on any atom is -0.233 e. The first-order chi connectivity index (χ1) is 5.79. The number of hydrogen-bond acceptors (Lipinski definition) is 0. The van der Waals surface area contributed by atoms with Crippen LogP contribution in [0, 0.1) is 0 Å². The van der Waals surface area contributed by atoms with Crippen LogP contribution in [0.3, 0.4) is 0 Å². The highest BCUT2D eigenvalue weighted by Gasteiger charge is 1.97. The lowest BCUT2D eigenvalue weighted by molar-refractivity contribution is 0.0958. The van der Waals surface area contributed by atoms with Crippen LogP contribution in [0.5, 0.6) is 0 Å². The molecule has 1 rings (SSSR count). The second-order valence-corrected chi connectivity index (χ2v) is 3.19. The van der Waals surface area contributed by atoms with Crippen LogP contribution < -0.4 is 0 Å². The van der Waals surface area contributed by atoms with Crippen molar-refractivity contribution in [3.8, 4) is 0 Å². The van der Waals surface area contributed by atoms with Gasteiger partial charge in [0, 0.05) is 0 Å². The van der Waals surface area contributed by atoms with Gasteiger partial charge < -0.3 is 0 Å². The first-order valence-corrected chi connectivity index (χ1v) is 4.49. The summed E-state index contributed by atoms with van der Waals surface area (Å²) in [6, 6.07) is 10.3. The minimum absolute atomic E-state index is 0.409. The minimum atomic E-state index is -0.409. The Morgan fingerprint density at radius 2 is 1.92 bits per heavy atom. The van der Waals surface area contributed by atoms with Crippen LogP contribution in [0.1, 0.15) is 25.3 Å². The summed E-state index contributed by atoms with van der Waals surface area (Å²) >= 11 is 0. The lowest BCUT2D eigenvalue weighted by Crippen LogP contribution is -1.97. The molecule has 65 valence electrons. The third kappa shape index (κ3) is 3.54. The van der Waals surface area contributed by atoms with Crippen LogP contribution >= 0.6 is 0 Å². The first-order valence-electron chi connectivity index (χ1n) is 4.49. The topological polar surface area (TPSA) is 19.9 Å². The van der Waals surface area contributed by atoms with E-state index in [0.29, 0.717) is 0 Å². The van der Waals surface area contributed by atoms with Gasteiger partial charge in [0.15, 0.2) is 0 Å². The normalized spacial score (nSPS) is 12.8. The Balaban J connectivity index is 2.25. The molecule has 0 N–H and O–H groups in total. The molecule has 0 fully saturated rings. The summed E-state index contributed by atoms with van der Waals surface area (Å²) in [5, 5.41) is 10.7. The van der Waals surface area contributed by atoms with Gasteiger partial charge in [0.05, 0.1) is 6.10 Å². The molecule has 1 unspecified atom stereocenters. The zero-order valence-electron chi connectivity index (χ0n) is 7.49. The highest BCUT2D eigenvalue weighted by atomic mass is 16.3. The van der Waals surface area contributed by atoms with Crippen molar-refractivity contribution < 1.29 is 5.11 Å². The van der Waals surface area contributed by atoms with Crippen LogP contribution in [0.4, 0.5) is 0 Å². The number of aryl methyl sites for hydroxylation is 1. The van der Waals surface area contributed by atoms with E-state index in [0.717, 1.165) is 19.3 Å². The Labute approximate surface area is 74.1 Å². The quantitative estimate of drug-likeness (QED) is 0.650. The van der Waals surface area contributed by atoms with Crippen LogP contribution in [0.15, 0.2) is 30.3 Å². The first kappa shape index (κ1) is 9.27. The number of rotatable bonds is 4. The van der Waals surface area contributed by atoms with Crippen molar-refractivity contribution in [2.24, 2.45) is 0 Å². The maximum Gasteiger partial charge on any atom is 0.0902 e. The molecule has 1 aromatic carbocycles. The van der Waals surface area contributed by atoms with Gasteiger partial charge in [-0.1, -0.05) is 30.3 Å². The van der Waals surface area contributed by atoms with Gasteiger partial charge in [-0.15, -0.1) is 0 Å². The van der Waals surface area contributed by atoms with Gasteiger partial charge in [0.25, 0.3) is 0 Å². The zero-order chi connectivity index (χ0) is 8.81. The monoisotopic (exact) mass is 163 g/mol. The molecular formula is C11H15O. The van der Waals surface area contributed by atoms with Gasteiger partial charge in [-0.25, -0.2) is 5.11 Å². The summed E-state index contributed by atoms with van der Waals surface area (Å²) in [5.74, 6) is 0. The van der Waals surface area contributed by atoms with Gasteiger partial charge in [-0.2, -0.15) is 0 Å². The van der Waals surface area contributed by atoms with Crippen molar-refractivity contribution in [2.75, 3.05) is 0 Å². The van der Waals surface area contributed by atoms with Crippen LogP contribution in [0.25, 0.3) is 0 Å². The molecule has 1 atom stereocenters. The Bertz CT molecular complexity index is 204. The fraction of sp³-hybridized carbons (Fsp3) is 0.455. The molecule has 0 aromatic heterocycles. The maximum absolute atomic E-state index is 10.7. The molecule has 0 saturated carbocycles. The molecule has 1 heteroatoms. The lowest BCUT2D eigenvalue weighted by atomic mass is 10.1. The summed E-state index contributed by atoms with van der Waals surface area (Å²) in [6.07, 6.45) is 2.42. The Morgan fingerprint density at radius 1 is 1.25 bits per heavy atom. The van der Waals surface area contributed by atoms with Crippen molar-refractivity contribution in [1.82, 2.24) is 0 Å². The summed E-state index contributed by atoms with van der Waals surface area (Å²) in [6.45, 7) is 1.73. The molecule has 0 aliphatic rings. The molecule has 0 heterocycles. The molecule has 12 heavy (non-hydrogen) atoms. The summed E-state index contributed by atoms with van der Waals surface area (Å²) in [5.41, 5.74) is 1.33. The van der Waals surface area contributed by atoms with E-state index in [1.165, 1.54) is 5.56 Å². The standard InChI is InChI=1S/C11H15O/c1-10(12)6-5-9-11-7-3-2-4-8-11/h2-4,7-8,10H,5-6,9H2,1H3. The Hall–Kier alpha value is -0.820. The van der Waals surface area contributed by atoms with E-state index in [4.69, 9.17) is 0 Å². The fourth-order valence-corrected chi connectivity index (χ4v) is 1.24. The molecule has 1 aromatic rings. The van der Waals surface area contributed by atoms with Crippen LogP contribution in [0.2, 0.25) is 0 Å². The summed E-state index contributed by atoms with van der Waals surface area (Å²) < 4.78 is 0. The summed E-state index contributed by atoms with van der Waals surface area (Å²) in [4.78, 5) is 0. The van der Waals surface area contributed by atoms with E-state index in [9.17, 15) is 5.11 Å². The van der Waals surface area contributed by atoms with Gasteiger partial charge in [-0.05, 0) is 31.7 Å². The molecule has 1 radical (unpaired) electrons. The van der Waals surface area contributed by atoms with Crippen molar-refractivity contribution >= 4 is 0 Å². The molecular weight excluding hydrogens is 148 g/mol. The van der Waals surface area contributed by atoms with Crippen LogP contribution in [-0.2, 0) is 11.5 Å². The molecule has 0 amide bonds. The van der Waals surface area contributed by atoms with E-state index in [-0.39, 0.29) is 0 Å². The average molecular weight is 163 g/mol. The maximum atomic E-state index is 10.7. The second-order valence-electron chi connectivity index (χ2n) is 3.19. The molecule has 0 saturated heterocycles. The zero-order valence-corrected chi connectivity index (χ0v) is 7.49. The molecule has 0 aliphatic carbocycles. The number of benzene rings is 1. The highest BCUT2D eigenvalue weighted by Crippen LogP contribution is 2.05. The lowest BCUT2D eigenvalue weighted by Gasteiger charge is -2.01. The second kappa shape index (κ2) is 4.94. The average Bonchev–Trinajstić information content (AvgIpc) is 2.05. The molecule has 0 spiro atoms. The predicted molar refractivity (Wildman–Crippen MR) is 49.5 cm³/mol. The molecule has 0 aliphatic heterocycles. The SMILES string of the molecule is CC([O])CCCc1ccccc1. The van der Waals surface area contributed by atoms with Crippen molar-refractivity contribution in [3.63, 3.8) is 0 Å². The van der Waals surface area contributed by atoms with E-state index in [1.807, 2.05) is 18.2 Å². The van der Waals surface area contributed by atoms with Gasteiger partial charge in [0.1, 0.15) is 0 Å². The molecule has 1 nitrogen and oxygen atoms in total. The largest absolute Gasteiger partial charge is 0.233 e. The smallest absolute Gasteiger partial charge is 0.0902 e. The van der Waals surface area contributed by atoms with Gasteiger partial charge >= 0.3 is 0 Å². The predicted octanol–water partition coefficient (Wildman–Crippen LogP) is 2.83. The van der Waals surface area contributed by atoms with E-state index < -0.39 is 6.10 Å². The van der Waals surface area contributed by atoms with E-state index in [2.05, 4.69) is 12.1 Å². The third-order valence-electron chi connectivity index (χ3n) is 1.92. The van der Waals surface area contributed by atoms with Crippen molar-refractivity contribution in [3.05, 3.63) is 35.9 Å². The van der Waals surface area contributed by atoms with Crippen molar-refractivity contribution in [1.29, 1.82) is 0 Å². The molecule has 0 bridgehead atoms. The Morgan fingerprint density at radius 3 is 2.50 bits per heavy atom.